The number of carbonyl (C=O) groups is 2. The van der Waals surface area contributed by atoms with Crippen LogP contribution in [0.1, 0.15) is 15.9 Å². The van der Waals surface area contributed by atoms with Gasteiger partial charge in [-0.25, -0.2) is 4.79 Å². The Bertz CT molecular complexity index is 863. The van der Waals surface area contributed by atoms with Crippen molar-refractivity contribution in [2.45, 2.75) is 6.18 Å². The fourth-order valence-electron chi connectivity index (χ4n) is 2.81. The van der Waals surface area contributed by atoms with Gasteiger partial charge in [0.05, 0.1) is 24.3 Å². The minimum atomic E-state index is -4.57. The summed E-state index contributed by atoms with van der Waals surface area (Å²) in [6.45, 7) is 2.29. The van der Waals surface area contributed by atoms with Crippen molar-refractivity contribution >= 4 is 23.3 Å². The molecule has 3 rings (SSSR count). The first kappa shape index (κ1) is 20.7. The minimum absolute atomic E-state index is 0.275. The van der Waals surface area contributed by atoms with E-state index in [1.54, 1.807) is 12.1 Å². The second-order valence-electron chi connectivity index (χ2n) is 6.35. The van der Waals surface area contributed by atoms with Crippen LogP contribution in [0, 0.1) is 0 Å². The summed E-state index contributed by atoms with van der Waals surface area (Å²) in [7, 11) is 0. The van der Waals surface area contributed by atoms with Gasteiger partial charge < -0.3 is 19.7 Å². The molecule has 2 aromatic carbocycles. The van der Waals surface area contributed by atoms with Crippen molar-refractivity contribution in [1.29, 1.82) is 0 Å². The highest BCUT2D eigenvalue weighted by Crippen LogP contribution is 2.29. The Labute approximate surface area is 165 Å². The first-order chi connectivity index (χ1) is 13.8. The summed E-state index contributed by atoms with van der Waals surface area (Å²) in [5.41, 5.74) is 0.281. The number of nitrogens with one attached hydrogen (secondary N) is 1. The Hall–Kier alpha value is -3.07. The maximum atomic E-state index is 12.7. The van der Waals surface area contributed by atoms with Crippen LogP contribution in [0.5, 0.6) is 0 Å². The average Bonchev–Trinajstić information content (AvgIpc) is 2.73. The fourth-order valence-corrected chi connectivity index (χ4v) is 2.81. The molecule has 154 valence electrons. The van der Waals surface area contributed by atoms with Crippen LogP contribution in [0.25, 0.3) is 0 Å². The molecule has 1 heterocycles. The molecule has 0 bridgehead atoms. The third kappa shape index (κ3) is 5.71. The number of ether oxygens (including phenoxy) is 2. The molecule has 1 N–H and O–H groups in total. The number of anilines is 2. The van der Waals surface area contributed by atoms with Crippen LogP contribution in [0.3, 0.4) is 0 Å². The molecule has 1 saturated heterocycles. The van der Waals surface area contributed by atoms with Gasteiger partial charge in [-0.3, -0.25) is 4.79 Å². The summed E-state index contributed by atoms with van der Waals surface area (Å²) in [6.07, 6.45) is -4.57. The smallest absolute Gasteiger partial charge is 0.416 e. The number of morpholine rings is 1. The molecule has 9 heteroatoms. The Morgan fingerprint density at radius 3 is 2.41 bits per heavy atom. The summed E-state index contributed by atoms with van der Waals surface area (Å²) in [5, 5.41) is 2.58. The van der Waals surface area contributed by atoms with E-state index in [9.17, 15) is 22.8 Å². The van der Waals surface area contributed by atoms with Crippen LogP contribution in [0.15, 0.2) is 48.5 Å². The van der Waals surface area contributed by atoms with Gasteiger partial charge in [-0.2, -0.15) is 13.2 Å². The molecule has 0 aliphatic carbocycles. The van der Waals surface area contributed by atoms with Gasteiger partial charge in [0.2, 0.25) is 0 Å². The third-order valence-corrected chi connectivity index (χ3v) is 4.29. The predicted molar refractivity (Wildman–Crippen MR) is 99.8 cm³/mol. The monoisotopic (exact) mass is 408 g/mol. The quantitative estimate of drug-likeness (QED) is 0.769. The van der Waals surface area contributed by atoms with Crippen molar-refractivity contribution < 1.29 is 32.2 Å². The number of nitrogens with zero attached hydrogens (tertiary/aromatic N) is 1. The number of esters is 1. The number of hydrogen-bond donors (Lipinski definition) is 1. The Kier molecular flexibility index (Phi) is 6.38. The molecule has 0 radical (unpaired) electrons. The van der Waals surface area contributed by atoms with Crippen molar-refractivity contribution in [3.8, 4) is 0 Å². The number of rotatable bonds is 5. The van der Waals surface area contributed by atoms with E-state index in [1.165, 1.54) is 6.07 Å². The van der Waals surface area contributed by atoms with Gasteiger partial charge in [-0.15, -0.1) is 0 Å². The highest BCUT2D eigenvalue weighted by atomic mass is 19.4. The lowest BCUT2D eigenvalue weighted by atomic mass is 10.1. The first-order valence-electron chi connectivity index (χ1n) is 8.90. The molecule has 1 aliphatic heterocycles. The number of alkyl halides is 3. The molecule has 0 spiro atoms. The molecule has 0 unspecified atom stereocenters. The number of halogens is 3. The molecule has 0 aromatic heterocycles. The zero-order chi connectivity index (χ0) is 20.9. The van der Waals surface area contributed by atoms with Crippen molar-refractivity contribution in [2.75, 3.05) is 43.1 Å². The number of amides is 1. The molecular weight excluding hydrogens is 389 g/mol. The van der Waals surface area contributed by atoms with Crippen LogP contribution >= 0.6 is 0 Å². The number of carbonyl (C=O) groups excluding carboxylic acids is 2. The van der Waals surface area contributed by atoms with E-state index < -0.39 is 30.2 Å². The van der Waals surface area contributed by atoms with E-state index in [1.807, 2.05) is 12.1 Å². The second-order valence-corrected chi connectivity index (χ2v) is 6.35. The minimum Gasteiger partial charge on any atom is -0.452 e. The van der Waals surface area contributed by atoms with Crippen LogP contribution in [0.2, 0.25) is 0 Å². The standard InChI is InChI=1S/C20H19F3N2O4/c21-20(22,23)15-3-1-2-14(12-15)19(27)29-13-18(26)24-16-4-6-17(7-5-16)25-8-10-28-11-9-25/h1-7,12H,8-11,13H2,(H,24,26). The molecule has 1 fully saturated rings. The van der Waals surface area contributed by atoms with Crippen LogP contribution in [-0.2, 0) is 20.4 Å². The summed E-state index contributed by atoms with van der Waals surface area (Å²) < 4.78 is 48.2. The summed E-state index contributed by atoms with van der Waals surface area (Å²) in [5.74, 6) is -1.60. The van der Waals surface area contributed by atoms with Crippen molar-refractivity contribution in [3.05, 3.63) is 59.7 Å². The van der Waals surface area contributed by atoms with Crippen molar-refractivity contribution in [2.24, 2.45) is 0 Å². The Morgan fingerprint density at radius 2 is 1.76 bits per heavy atom. The van der Waals surface area contributed by atoms with Gasteiger partial charge in [0.1, 0.15) is 0 Å². The predicted octanol–water partition coefficient (Wildman–Crippen LogP) is 3.34. The lowest BCUT2D eigenvalue weighted by molar-refractivity contribution is -0.137. The maximum Gasteiger partial charge on any atom is 0.416 e. The second kappa shape index (κ2) is 8.95. The molecule has 2 aromatic rings. The molecular formula is C20H19F3N2O4. The molecule has 1 amide bonds. The van der Waals surface area contributed by atoms with Gasteiger partial charge in [0, 0.05) is 24.5 Å². The molecule has 29 heavy (non-hydrogen) atoms. The van der Waals surface area contributed by atoms with E-state index in [-0.39, 0.29) is 5.56 Å². The van der Waals surface area contributed by atoms with Crippen molar-refractivity contribution in [1.82, 2.24) is 0 Å². The fraction of sp³-hybridized carbons (Fsp3) is 0.300. The zero-order valence-corrected chi connectivity index (χ0v) is 15.4. The SMILES string of the molecule is O=C(COC(=O)c1cccc(C(F)(F)F)c1)Nc1ccc(N2CCOCC2)cc1. The number of benzene rings is 2. The van der Waals surface area contributed by atoms with E-state index in [0.717, 1.165) is 30.9 Å². The Balaban J connectivity index is 1.51. The molecule has 1 aliphatic rings. The normalized spacial score (nSPS) is 14.4. The highest BCUT2D eigenvalue weighted by molar-refractivity contribution is 5.95. The molecule has 0 atom stereocenters. The van der Waals surface area contributed by atoms with Crippen LogP contribution < -0.4 is 10.2 Å². The van der Waals surface area contributed by atoms with Crippen molar-refractivity contribution in [3.63, 3.8) is 0 Å². The molecule has 0 saturated carbocycles. The summed E-state index contributed by atoms with van der Waals surface area (Å²) in [4.78, 5) is 26.0. The van der Waals surface area contributed by atoms with E-state index in [0.29, 0.717) is 25.0 Å². The van der Waals surface area contributed by atoms with Crippen LogP contribution in [-0.4, -0.2) is 44.8 Å². The maximum absolute atomic E-state index is 12.7. The topological polar surface area (TPSA) is 67.9 Å². The molecule has 6 nitrogen and oxygen atoms in total. The lowest BCUT2D eigenvalue weighted by Gasteiger charge is -2.28. The lowest BCUT2D eigenvalue weighted by Crippen LogP contribution is -2.36. The largest absolute Gasteiger partial charge is 0.452 e. The summed E-state index contributed by atoms with van der Waals surface area (Å²) >= 11 is 0. The Morgan fingerprint density at radius 1 is 1.07 bits per heavy atom. The highest BCUT2D eigenvalue weighted by Gasteiger charge is 2.31. The van der Waals surface area contributed by atoms with Gasteiger partial charge in [-0.1, -0.05) is 6.07 Å². The van der Waals surface area contributed by atoms with Crippen LogP contribution in [0.4, 0.5) is 24.5 Å². The van der Waals surface area contributed by atoms with E-state index in [4.69, 9.17) is 9.47 Å². The average molecular weight is 408 g/mol. The summed E-state index contributed by atoms with van der Waals surface area (Å²) in [6, 6.07) is 11.0. The number of hydrogen-bond acceptors (Lipinski definition) is 5. The van der Waals surface area contributed by atoms with E-state index >= 15 is 0 Å². The first-order valence-corrected chi connectivity index (χ1v) is 8.90. The van der Waals surface area contributed by atoms with E-state index in [2.05, 4.69) is 10.2 Å². The third-order valence-electron chi connectivity index (χ3n) is 4.29. The zero-order valence-electron chi connectivity index (χ0n) is 15.4. The van der Waals surface area contributed by atoms with Gasteiger partial charge in [-0.05, 0) is 42.5 Å². The van der Waals surface area contributed by atoms with Gasteiger partial charge in [0.25, 0.3) is 5.91 Å². The van der Waals surface area contributed by atoms with Gasteiger partial charge >= 0.3 is 12.1 Å². The van der Waals surface area contributed by atoms with Gasteiger partial charge in [0.15, 0.2) is 6.61 Å².